The van der Waals surface area contributed by atoms with Gasteiger partial charge in [-0.1, -0.05) is 48.0 Å². The Balaban J connectivity index is 1.62. The van der Waals surface area contributed by atoms with Crippen LogP contribution in [0.2, 0.25) is 0 Å². The molecule has 0 aliphatic rings. The molecule has 2 aromatic rings. The van der Waals surface area contributed by atoms with E-state index < -0.39 is 0 Å². The first-order valence-corrected chi connectivity index (χ1v) is 7.55. The van der Waals surface area contributed by atoms with Crippen molar-refractivity contribution in [1.82, 2.24) is 10.6 Å². The zero-order valence-corrected chi connectivity index (χ0v) is 13.1. The normalized spacial score (nSPS) is 9.96. The average molecular weight is 311 g/mol. The number of nitrogens with one attached hydrogen (secondary N) is 3. The van der Waals surface area contributed by atoms with Gasteiger partial charge in [0.1, 0.15) is 0 Å². The zero-order valence-electron chi connectivity index (χ0n) is 13.1. The van der Waals surface area contributed by atoms with Crippen LogP contribution in [-0.4, -0.2) is 18.5 Å². The number of aryl methyl sites for hydroxylation is 1. The Morgan fingerprint density at radius 1 is 0.913 bits per heavy atom. The standard InChI is InChI=1S/C18H21N3O2/c1-14-7-9-15(10-8-14)13-20-17(22)11-12-19-18(23)21-16-5-3-2-4-6-16/h2-10H,11-13H2,1H3,(H,20,22)(H2,19,21,23). The summed E-state index contributed by atoms with van der Waals surface area (Å²) in [7, 11) is 0. The molecule has 0 unspecified atom stereocenters. The van der Waals surface area contributed by atoms with Gasteiger partial charge in [0.05, 0.1) is 0 Å². The highest BCUT2D eigenvalue weighted by atomic mass is 16.2. The molecule has 0 bridgehead atoms. The lowest BCUT2D eigenvalue weighted by Gasteiger charge is -2.08. The fourth-order valence-electron chi connectivity index (χ4n) is 1.98. The minimum absolute atomic E-state index is 0.0920. The first kappa shape index (κ1) is 16.5. The summed E-state index contributed by atoms with van der Waals surface area (Å²) in [4.78, 5) is 23.4. The second kappa shape index (κ2) is 8.58. The van der Waals surface area contributed by atoms with E-state index in [4.69, 9.17) is 0 Å². The number of carbonyl (C=O) groups excluding carboxylic acids is 2. The summed E-state index contributed by atoms with van der Waals surface area (Å²) in [6.45, 7) is 2.81. The van der Waals surface area contributed by atoms with Crippen LogP contribution in [0.3, 0.4) is 0 Å². The van der Waals surface area contributed by atoms with Crippen molar-refractivity contribution in [2.45, 2.75) is 19.9 Å². The third-order valence-corrected chi connectivity index (χ3v) is 3.28. The molecule has 0 fully saturated rings. The number of hydrogen-bond donors (Lipinski definition) is 3. The molecule has 120 valence electrons. The summed E-state index contributed by atoms with van der Waals surface area (Å²) < 4.78 is 0. The van der Waals surface area contributed by atoms with Gasteiger partial charge in [-0.15, -0.1) is 0 Å². The number of para-hydroxylation sites is 1. The lowest BCUT2D eigenvalue weighted by Crippen LogP contribution is -2.33. The quantitative estimate of drug-likeness (QED) is 0.768. The van der Waals surface area contributed by atoms with Crippen LogP contribution in [0.25, 0.3) is 0 Å². The molecular formula is C18H21N3O2. The van der Waals surface area contributed by atoms with Gasteiger partial charge < -0.3 is 16.0 Å². The maximum absolute atomic E-state index is 11.7. The number of carbonyl (C=O) groups is 2. The van der Waals surface area contributed by atoms with Crippen LogP contribution < -0.4 is 16.0 Å². The first-order chi connectivity index (χ1) is 11.1. The van der Waals surface area contributed by atoms with Crippen molar-refractivity contribution in [2.75, 3.05) is 11.9 Å². The van der Waals surface area contributed by atoms with Crippen molar-refractivity contribution in [3.63, 3.8) is 0 Å². The molecular weight excluding hydrogens is 290 g/mol. The van der Waals surface area contributed by atoms with E-state index in [-0.39, 0.29) is 18.4 Å². The number of benzene rings is 2. The van der Waals surface area contributed by atoms with Gasteiger partial charge in [-0.2, -0.15) is 0 Å². The monoisotopic (exact) mass is 311 g/mol. The Hall–Kier alpha value is -2.82. The van der Waals surface area contributed by atoms with Crippen molar-refractivity contribution in [1.29, 1.82) is 0 Å². The van der Waals surface area contributed by atoms with Gasteiger partial charge in [-0.25, -0.2) is 4.79 Å². The fraction of sp³-hybridized carbons (Fsp3) is 0.222. The van der Waals surface area contributed by atoms with E-state index in [1.165, 1.54) is 5.56 Å². The smallest absolute Gasteiger partial charge is 0.319 e. The van der Waals surface area contributed by atoms with Crippen LogP contribution in [0.1, 0.15) is 17.5 Å². The number of rotatable bonds is 6. The Kier molecular flexibility index (Phi) is 6.17. The van der Waals surface area contributed by atoms with E-state index in [1.807, 2.05) is 49.4 Å². The summed E-state index contributed by atoms with van der Waals surface area (Å²) in [6.07, 6.45) is 0.244. The van der Waals surface area contributed by atoms with Crippen molar-refractivity contribution in [2.24, 2.45) is 0 Å². The molecule has 2 aromatic carbocycles. The largest absolute Gasteiger partial charge is 0.352 e. The van der Waals surface area contributed by atoms with E-state index >= 15 is 0 Å². The topological polar surface area (TPSA) is 70.2 Å². The summed E-state index contributed by atoms with van der Waals surface area (Å²) in [5, 5.41) is 8.19. The lowest BCUT2D eigenvalue weighted by atomic mass is 10.1. The molecule has 5 nitrogen and oxygen atoms in total. The lowest BCUT2D eigenvalue weighted by molar-refractivity contribution is -0.121. The molecule has 0 aliphatic heterocycles. The minimum Gasteiger partial charge on any atom is -0.352 e. The molecule has 0 saturated heterocycles. The molecule has 0 aromatic heterocycles. The highest BCUT2D eigenvalue weighted by molar-refractivity contribution is 5.89. The van der Waals surface area contributed by atoms with Crippen LogP contribution in [0.5, 0.6) is 0 Å². The molecule has 3 amide bonds. The van der Waals surface area contributed by atoms with Gasteiger partial charge in [-0.05, 0) is 24.6 Å². The Labute approximate surface area is 136 Å². The maximum Gasteiger partial charge on any atom is 0.319 e. The van der Waals surface area contributed by atoms with Gasteiger partial charge in [0.2, 0.25) is 5.91 Å². The summed E-state index contributed by atoms with van der Waals surface area (Å²) >= 11 is 0. The van der Waals surface area contributed by atoms with Gasteiger partial charge in [0.15, 0.2) is 0 Å². The van der Waals surface area contributed by atoms with Crippen LogP contribution in [0.4, 0.5) is 10.5 Å². The van der Waals surface area contributed by atoms with Crippen LogP contribution in [0, 0.1) is 6.92 Å². The number of amides is 3. The highest BCUT2D eigenvalue weighted by Gasteiger charge is 2.04. The molecule has 3 N–H and O–H groups in total. The first-order valence-electron chi connectivity index (χ1n) is 7.55. The summed E-state index contributed by atoms with van der Waals surface area (Å²) in [5.41, 5.74) is 2.96. The number of anilines is 1. The molecule has 0 spiro atoms. The Bertz CT molecular complexity index is 639. The van der Waals surface area contributed by atoms with Crippen molar-refractivity contribution in [3.8, 4) is 0 Å². The van der Waals surface area contributed by atoms with Gasteiger partial charge >= 0.3 is 6.03 Å². The molecule has 0 aliphatic carbocycles. The second-order valence-electron chi connectivity index (χ2n) is 5.26. The molecule has 0 atom stereocenters. The number of hydrogen-bond acceptors (Lipinski definition) is 2. The molecule has 0 saturated carbocycles. The minimum atomic E-state index is -0.317. The van der Waals surface area contributed by atoms with Crippen LogP contribution in [0.15, 0.2) is 54.6 Å². The Morgan fingerprint density at radius 3 is 2.30 bits per heavy atom. The van der Waals surface area contributed by atoms with Crippen molar-refractivity contribution < 1.29 is 9.59 Å². The highest BCUT2D eigenvalue weighted by Crippen LogP contribution is 2.04. The second-order valence-corrected chi connectivity index (χ2v) is 5.26. The van der Waals surface area contributed by atoms with E-state index in [2.05, 4.69) is 16.0 Å². The van der Waals surface area contributed by atoms with Gasteiger partial charge in [-0.3, -0.25) is 4.79 Å². The Morgan fingerprint density at radius 2 is 1.61 bits per heavy atom. The molecule has 5 heteroatoms. The van der Waals surface area contributed by atoms with E-state index in [0.29, 0.717) is 18.8 Å². The van der Waals surface area contributed by atoms with Crippen LogP contribution >= 0.6 is 0 Å². The van der Waals surface area contributed by atoms with Gasteiger partial charge in [0.25, 0.3) is 0 Å². The molecule has 2 rings (SSSR count). The molecule has 0 radical (unpaired) electrons. The SMILES string of the molecule is Cc1ccc(CNC(=O)CCNC(=O)Nc2ccccc2)cc1. The van der Waals surface area contributed by atoms with Crippen LogP contribution in [-0.2, 0) is 11.3 Å². The third-order valence-electron chi connectivity index (χ3n) is 3.28. The molecule has 23 heavy (non-hydrogen) atoms. The van der Waals surface area contributed by atoms with E-state index in [0.717, 1.165) is 5.56 Å². The van der Waals surface area contributed by atoms with E-state index in [9.17, 15) is 9.59 Å². The molecule has 0 heterocycles. The van der Waals surface area contributed by atoms with Gasteiger partial charge in [0, 0.05) is 25.2 Å². The van der Waals surface area contributed by atoms with E-state index in [1.54, 1.807) is 12.1 Å². The number of urea groups is 1. The zero-order chi connectivity index (χ0) is 16.5. The van der Waals surface area contributed by atoms with Crippen molar-refractivity contribution in [3.05, 3.63) is 65.7 Å². The van der Waals surface area contributed by atoms with Crippen molar-refractivity contribution >= 4 is 17.6 Å². The summed E-state index contributed by atoms with van der Waals surface area (Å²) in [5.74, 6) is -0.0920. The maximum atomic E-state index is 11.7. The summed E-state index contributed by atoms with van der Waals surface area (Å²) in [6, 6.07) is 16.8. The predicted octanol–water partition coefficient (Wildman–Crippen LogP) is 2.82. The fourth-order valence-corrected chi connectivity index (χ4v) is 1.98. The average Bonchev–Trinajstić information content (AvgIpc) is 2.55. The predicted molar refractivity (Wildman–Crippen MR) is 91.1 cm³/mol. The third kappa shape index (κ3) is 6.22.